The molecule has 4 heteroatoms. The van der Waals surface area contributed by atoms with E-state index in [4.69, 9.17) is 0 Å². The Labute approximate surface area is 142 Å². The van der Waals surface area contributed by atoms with Gasteiger partial charge in [-0.05, 0) is 52.1 Å². The summed E-state index contributed by atoms with van der Waals surface area (Å²) >= 11 is 0. The molecule has 0 heterocycles. The molecule has 0 saturated heterocycles. The summed E-state index contributed by atoms with van der Waals surface area (Å²) in [6, 6.07) is 1.27. The predicted molar refractivity (Wildman–Crippen MR) is 96.8 cm³/mol. The van der Waals surface area contributed by atoms with Gasteiger partial charge in [0.25, 0.3) is 0 Å². The number of urea groups is 1. The van der Waals surface area contributed by atoms with Gasteiger partial charge in [0.2, 0.25) is 0 Å². The van der Waals surface area contributed by atoms with Gasteiger partial charge in [-0.3, -0.25) is 0 Å². The Balaban J connectivity index is 1.43. The van der Waals surface area contributed by atoms with E-state index in [9.17, 15) is 4.79 Å². The average molecular weight is 324 g/mol. The fraction of sp³-hybridized carbons (Fsp3) is 0.947. The number of carbonyl (C=O) groups is 1. The second-order valence-corrected chi connectivity index (χ2v) is 7.57. The lowest BCUT2D eigenvalue weighted by Gasteiger charge is -2.31. The number of nitrogens with one attached hydrogen (secondary N) is 2. The fourth-order valence-corrected chi connectivity index (χ4v) is 4.05. The third kappa shape index (κ3) is 7.56. The van der Waals surface area contributed by atoms with Crippen molar-refractivity contribution in [1.82, 2.24) is 15.5 Å². The number of nitrogens with zero attached hydrogens (tertiary/aromatic N) is 1. The molecule has 0 atom stereocenters. The Morgan fingerprint density at radius 2 is 1.57 bits per heavy atom. The molecule has 0 aliphatic heterocycles. The SMILES string of the molecule is CN(CCCCCNC(=O)NC1CCCCC1)C1CCCCC1. The van der Waals surface area contributed by atoms with Crippen molar-refractivity contribution in [2.45, 2.75) is 95.6 Å². The zero-order valence-electron chi connectivity index (χ0n) is 15.1. The molecule has 0 spiro atoms. The van der Waals surface area contributed by atoms with Gasteiger partial charge in [0.05, 0.1) is 0 Å². The molecule has 2 rings (SSSR count). The summed E-state index contributed by atoms with van der Waals surface area (Å²) in [6.45, 7) is 2.02. The quantitative estimate of drug-likeness (QED) is 0.662. The Kier molecular flexibility index (Phi) is 8.80. The highest BCUT2D eigenvalue weighted by Gasteiger charge is 2.17. The maximum absolute atomic E-state index is 11.8. The summed E-state index contributed by atoms with van der Waals surface area (Å²) in [5, 5.41) is 6.13. The first kappa shape index (κ1) is 18.6. The molecule has 2 aliphatic carbocycles. The minimum absolute atomic E-state index is 0.0382. The molecule has 2 aliphatic rings. The third-order valence-corrected chi connectivity index (χ3v) is 5.61. The van der Waals surface area contributed by atoms with Gasteiger partial charge >= 0.3 is 6.03 Å². The van der Waals surface area contributed by atoms with E-state index in [0.717, 1.165) is 31.8 Å². The van der Waals surface area contributed by atoms with Crippen LogP contribution in [0.4, 0.5) is 4.79 Å². The van der Waals surface area contributed by atoms with Crippen molar-refractivity contribution in [3.8, 4) is 0 Å². The van der Waals surface area contributed by atoms with E-state index in [-0.39, 0.29) is 6.03 Å². The molecule has 2 N–H and O–H groups in total. The van der Waals surface area contributed by atoms with Gasteiger partial charge < -0.3 is 15.5 Å². The molecule has 0 aromatic rings. The van der Waals surface area contributed by atoms with E-state index >= 15 is 0 Å². The van der Waals surface area contributed by atoms with Gasteiger partial charge in [-0.1, -0.05) is 44.9 Å². The van der Waals surface area contributed by atoms with Crippen LogP contribution in [0, 0.1) is 0 Å². The monoisotopic (exact) mass is 323 g/mol. The molecule has 23 heavy (non-hydrogen) atoms. The van der Waals surface area contributed by atoms with Crippen molar-refractivity contribution in [1.29, 1.82) is 0 Å². The molecule has 2 amide bonds. The van der Waals surface area contributed by atoms with Crippen LogP contribution < -0.4 is 10.6 Å². The van der Waals surface area contributed by atoms with Crippen LogP contribution in [0.5, 0.6) is 0 Å². The van der Waals surface area contributed by atoms with Crippen LogP contribution in [0.2, 0.25) is 0 Å². The van der Waals surface area contributed by atoms with Crippen LogP contribution in [0.3, 0.4) is 0 Å². The highest BCUT2D eigenvalue weighted by molar-refractivity contribution is 5.74. The van der Waals surface area contributed by atoms with E-state index in [1.165, 1.54) is 70.8 Å². The van der Waals surface area contributed by atoms with Crippen molar-refractivity contribution in [2.24, 2.45) is 0 Å². The predicted octanol–water partition coefficient (Wildman–Crippen LogP) is 4.05. The lowest BCUT2D eigenvalue weighted by Crippen LogP contribution is -2.43. The van der Waals surface area contributed by atoms with Crippen LogP contribution in [0.1, 0.15) is 83.5 Å². The van der Waals surface area contributed by atoms with E-state index in [1.807, 2.05) is 0 Å². The first-order valence-electron chi connectivity index (χ1n) is 10.0. The molecule has 0 aromatic carbocycles. The van der Waals surface area contributed by atoms with Crippen molar-refractivity contribution in [3.05, 3.63) is 0 Å². The number of carbonyl (C=O) groups excluding carboxylic acids is 1. The van der Waals surface area contributed by atoms with Gasteiger partial charge in [0, 0.05) is 18.6 Å². The van der Waals surface area contributed by atoms with Crippen LogP contribution >= 0.6 is 0 Å². The third-order valence-electron chi connectivity index (χ3n) is 5.61. The molecule has 0 bridgehead atoms. The molecule has 2 fully saturated rings. The number of rotatable bonds is 8. The molecule has 0 aromatic heterocycles. The number of unbranched alkanes of at least 4 members (excludes halogenated alkanes) is 2. The van der Waals surface area contributed by atoms with E-state index in [1.54, 1.807) is 0 Å². The van der Waals surface area contributed by atoms with Crippen molar-refractivity contribution in [2.75, 3.05) is 20.1 Å². The average Bonchev–Trinajstić information content (AvgIpc) is 2.59. The van der Waals surface area contributed by atoms with Gasteiger partial charge in [-0.25, -0.2) is 4.79 Å². The minimum Gasteiger partial charge on any atom is -0.338 e. The fourth-order valence-electron chi connectivity index (χ4n) is 4.05. The number of hydrogen-bond acceptors (Lipinski definition) is 2. The lowest BCUT2D eigenvalue weighted by molar-refractivity contribution is 0.188. The largest absolute Gasteiger partial charge is 0.338 e. The summed E-state index contributed by atoms with van der Waals surface area (Å²) in [5.41, 5.74) is 0. The van der Waals surface area contributed by atoms with E-state index in [0.29, 0.717) is 6.04 Å². The van der Waals surface area contributed by atoms with Crippen molar-refractivity contribution in [3.63, 3.8) is 0 Å². The van der Waals surface area contributed by atoms with Gasteiger partial charge in [-0.2, -0.15) is 0 Å². The number of hydrogen-bond donors (Lipinski definition) is 2. The summed E-state index contributed by atoms with van der Waals surface area (Å²) in [7, 11) is 2.28. The summed E-state index contributed by atoms with van der Waals surface area (Å²) in [4.78, 5) is 14.4. The van der Waals surface area contributed by atoms with Crippen molar-refractivity contribution < 1.29 is 4.79 Å². The summed E-state index contributed by atoms with van der Waals surface area (Å²) < 4.78 is 0. The molecular weight excluding hydrogens is 286 g/mol. The first-order chi connectivity index (χ1) is 11.3. The van der Waals surface area contributed by atoms with Gasteiger partial charge in [-0.15, -0.1) is 0 Å². The molecular formula is C19H37N3O. The Hall–Kier alpha value is -0.770. The zero-order chi connectivity index (χ0) is 16.3. The highest BCUT2D eigenvalue weighted by Crippen LogP contribution is 2.21. The van der Waals surface area contributed by atoms with Crippen LogP contribution in [0.15, 0.2) is 0 Å². The molecule has 134 valence electrons. The second-order valence-electron chi connectivity index (χ2n) is 7.57. The van der Waals surface area contributed by atoms with Crippen LogP contribution in [-0.4, -0.2) is 43.2 Å². The first-order valence-corrected chi connectivity index (χ1v) is 10.0. The summed E-state index contributed by atoms with van der Waals surface area (Å²) in [5.74, 6) is 0. The maximum atomic E-state index is 11.8. The Morgan fingerprint density at radius 1 is 0.913 bits per heavy atom. The Bertz CT molecular complexity index is 323. The molecule has 0 radical (unpaired) electrons. The molecule has 4 nitrogen and oxygen atoms in total. The zero-order valence-corrected chi connectivity index (χ0v) is 15.1. The van der Waals surface area contributed by atoms with Crippen LogP contribution in [-0.2, 0) is 0 Å². The normalized spacial score (nSPS) is 20.6. The van der Waals surface area contributed by atoms with Gasteiger partial charge in [0.15, 0.2) is 0 Å². The Morgan fingerprint density at radius 3 is 2.26 bits per heavy atom. The van der Waals surface area contributed by atoms with Crippen molar-refractivity contribution >= 4 is 6.03 Å². The second kappa shape index (κ2) is 10.9. The minimum atomic E-state index is 0.0382. The smallest absolute Gasteiger partial charge is 0.315 e. The van der Waals surface area contributed by atoms with Crippen LogP contribution in [0.25, 0.3) is 0 Å². The topological polar surface area (TPSA) is 44.4 Å². The summed E-state index contributed by atoms with van der Waals surface area (Å²) in [6.07, 6.45) is 16.7. The van der Waals surface area contributed by atoms with E-state index in [2.05, 4.69) is 22.6 Å². The lowest BCUT2D eigenvalue weighted by atomic mass is 9.94. The van der Waals surface area contributed by atoms with Gasteiger partial charge in [0.1, 0.15) is 0 Å². The molecule has 0 unspecified atom stereocenters. The maximum Gasteiger partial charge on any atom is 0.315 e. The highest BCUT2D eigenvalue weighted by atomic mass is 16.2. The number of amides is 2. The van der Waals surface area contributed by atoms with E-state index < -0.39 is 0 Å². The molecule has 2 saturated carbocycles. The standard InChI is InChI=1S/C19H37N3O/c1-22(18-13-7-3-8-14-18)16-10-4-9-15-20-19(23)21-17-11-5-2-6-12-17/h17-18H,2-16H2,1H3,(H2,20,21,23).